The number of carbonyl (C=O) groups excluding carboxylic acids is 1. The molecule has 0 atom stereocenters. The number of benzene rings is 1. The van der Waals surface area contributed by atoms with Gasteiger partial charge in [0.2, 0.25) is 0 Å². The third-order valence-corrected chi connectivity index (χ3v) is 2.66. The molecule has 1 N–H and O–H groups in total. The van der Waals surface area contributed by atoms with Gasteiger partial charge in [-0.1, -0.05) is 29.8 Å². The lowest BCUT2D eigenvalue weighted by Crippen LogP contribution is -2.15. The van der Waals surface area contributed by atoms with Crippen molar-refractivity contribution in [3.8, 4) is 5.75 Å². The predicted octanol–water partition coefficient (Wildman–Crippen LogP) is 3.77. The molecule has 20 heavy (non-hydrogen) atoms. The van der Waals surface area contributed by atoms with Gasteiger partial charge in [-0.15, -0.1) is 0 Å². The Balaban J connectivity index is 2.19. The number of rotatable bonds is 4. The van der Waals surface area contributed by atoms with Crippen molar-refractivity contribution >= 4 is 23.2 Å². The number of carbonyl (C=O) groups is 1. The molecule has 0 fully saturated rings. The minimum Gasteiger partial charge on any atom is -0.489 e. The number of hydrogen-bond donors (Lipinski definition) is 1. The molecule has 0 aliphatic rings. The summed E-state index contributed by atoms with van der Waals surface area (Å²) in [6, 6.07) is 12.2. The minimum atomic E-state index is -0.327. The highest BCUT2D eigenvalue weighted by Crippen LogP contribution is 2.25. The van der Waals surface area contributed by atoms with E-state index < -0.39 is 0 Å². The lowest BCUT2D eigenvalue weighted by atomic mass is 10.2. The number of nitrogens with zero attached hydrogens (tertiary/aromatic N) is 1. The average molecular weight is 291 g/mol. The number of pyridine rings is 1. The topological polar surface area (TPSA) is 51.2 Å². The van der Waals surface area contributed by atoms with Gasteiger partial charge in [-0.2, -0.15) is 0 Å². The summed E-state index contributed by atoms with van der Waals surface area (Å²) in [5, 5.41) is 3.06. The van der Waals surface area contributed by atoms with Crippen molar-refractivity contribution in [3.05, 3.63) is 53.3 Å². The van der Waals surface area contributed by atoms with E-state index in [1.165, 1.54) is 0 Å². The Kier molecular flexibility index (Phi) is 4.58. The van der Waals surface area contributed by atoms with Gasteiger partial charge in [-0.25, -0.2) is 4.98 Å². The summed E-state index contributed by atoms with van der Waals surface area (Å²) in [4.78, 5) is 16.1. The molecule has 0 bridgehead atoms. The van der Waals surface area contributed by atoms with E-state index in [9.17, 15) is 4.79 Å². The lowest BCUT2D eigenvalue weighted by molar-refractivity contribution is 0.102. The van der Waals surface area contributed by atoms with Gasteiger partial charge in [0.15, 0.2) is 0 Å². The molecule has 0 aliphatic carbocycles. The average Bonchev–Trinajstić information content (AvgIpc) is 2.40. The largest absolute Gasteiger partial charge is 0.489 e. The van der Waals surface area contributed by atoms with Gasteiger partial charge in [0.05, 0.1) is 11.8 Å². The Bertz CT molecular complexity index is 614. The molecule has 1 aromatic heterocycles. The van der Waals surface area contributed by atoms with E-state index in [4.69, 9.17) is 16.3 Å². The zero-order valence-corrected chi connectivity index (χ0v) is 12.0. The van der Waals surface area contributed by atoms with Gasteiger partial charge in [0.25, 0.3) is 5.91 Å². The van der Waals surface area contributed by atoms with Crippen molar-refractivity contribution in [3.63, 3.8) is 0 Å². The van der Waals surface area contributed by atoms with Crippen LogP contribution in [0.3, 0.4) is 0 Å². The zero-order valence-electron chi connectivity index (χ0n) is 11.3. The predicted molar refractivity (Wildman–Crippen MR) is 79.4 cm³/mol. The van der Waals surface area contributed by atoms with Gasteiger partial charge < -0.3 is 10.1 Å². The van der Waals surface area contributed by atoms with Crippen molar-refractivity contribution in [1.29, 1.82) is 0 Å². The second-order valence-electron chi connectivity index (χ2n) is 4.46. The summed E-state index contributed by atoms with van der Waals surface area (Å²) in [6.45, 7) is 3.86. The Labute approximate surface area is 122 Å². The number of amides is 1. The number of nitrogens with one attached hydrogen (secondary N) is 1. The summed E-state index contributed by atoms with van der Waals surface area (Å²) in [6.07, 6.45) is 0.0253. The van der Waals surface area contributed by atoms with Crippen LogP contribution in [0, 0.1) is 0 Å². The van der Waals surface area contributed by atoms with Gasteiger partial charge in [0, 0.05) is 0 Å². The molecule has 1 amide bonds. The quantitative estimate of drug-likeness (QED) is 0.872. The molecule has 0 saturated heterocycles. The van der Waals surface area contributed by atoms with Crippen LogP contribution < -0.4 is 10.1 Å². The second kappa shape index (κ2) is 6.39. The van der Waals surface area contributed by atoms with Crippen LogP contribution in [0.1, 0.15) is 24.3 Å². The van der Waals surface area contributed by atoms with E-state index in [0.29, 0.717) is 11.4 Å². The molecule has 0 aliphatic heterocycles. The fourth-order valence-electron chi connectivity index (χ4n) is 1.65. The highest BCUT2D eigenvalue weighted by atomic mass is 35.5. The van der Waals surface area contributed by atoms with Gasteiger partial charge in [-0.05, 0) is 38.1 Å². The van der Waals surface area contributed by atoms with Crippen LogP contribution in [0.25, 0.3) is 0 Å². The molecule has 104 valence electrons. The smallest absolute Gasteiger partial charge is 0.274 e. The Morgan fingerprint density at radius 1 is 1.20 bits per heavy atom. The molecule has 0 unspecified atom stereocenters. The minimum absolute atomic E-state index is 0.0253. The molecule has 2 aromatic rings. The highest BCUT2D eigenvalue weighted by Gasteiger charge is 2.11. The van der Waals surface area contributed by atoms with Crippen molar-refractivity contribution in [2.45, 2.75) is 20.0 Å². The number of anilines is 1. The van der Waals surface area contributed by atoms with Crippen LogP contribution in [0.15, 0.2) is 42.5 Å². The van der Waals surface area contributed by atoms with Gasteiger partial charge in [0.1, 0.15) is 16.6 Å². The molecular weight excluding hydrogens is 276 g/mol. The first-order valence-corrected chi connectivity index (χ1v) is 6.63. The number of para-hydroxylation sites is 2. The highest BCUT2D eigenvalue weighted by molar-refractivity contribution is 6.29. The van der Waals surface area contributed by atoms with E-state index in [0.717, 1.165) is 0 Å². The SMILES string of the molecule is CC(C)Oc1ccccc1NC(=O)c1cccc(Cl)n1. The van der Waals surface area contributed by atoms with E-state index in [2.05, 4.69) is 10.3 Å². The summed E-state index contributed by atoms with van der Waals surface area (Å²) >= 11 is 5.78. The standard InChI is InChI=1S/C15H15ClN2O2/c1-10(2)20-13-8-4-3-6-11(13)18-15(19)12-7-5-9-14(16)17-12/h3-10H,1-2H3,(H,18,19). The van der Waals surface area contributed by atoms with Crippen LogP contribution in [0.2, 0.25) is 5.15 Å². The van der Waals surface area contributed by atoms with Gasteiger partial charge >= 0.3 is 0 Å². The third-order valence-electron chi connectivity index (χ3n) is 2.45. The molecule has 1 aromatic carbocycles. The van der Waals surface area contributed by atoms with E-state index >= 15 is 0 Å². The maximum atomic E-state index is 12.1. The number of hydrogen-bond acceptors (Lipinski definition) is 3. The summed E-state index contributed by atoms with van der Waals surface area (Å²) in [5.74, 6) is 0.296. The molecule has 0 spiro atoms. The van der Waals surface area contributed by atoms with Crippen LogP contribution in [0.4, 0.5) is 5.69 Å². The Morgan fingerprint density at radius 3 is 2.65 bits per heavy atom. The van der Waals surface area contributed by atoms with Crippen LogP contribution in [-0.2, 0) is 0 Å². The molecule has 0 saturated carbocycles. The zero-order chi connectivity index (χ0) is 14.5. The Hall–Kier alpha value is -2.07. The van der Waals surface area contributed by atoms with Crippen LogP contribution >= 0.6 is 11.6 Å². The molecule has 4 nitrogen and oxygen atoms in total. The summed E-state index contributed by atoms with van der Waals surface area (Å²) < 4.78 is 5.64. The Morgan fingerprint density at radius 2 is 1.95 bits per heavy atom. The number of ether oxygens (including phenoxy) is 1. The van der Waals surface area contributed by atoms with Crippen molar-refractivity contribution in [2.75, 3.05) is 5.32 Å². The molecular formula is C15H15ClN2O2. The fraction of sp³-hybridized carbons (Fsp3) is 0.200. The second-order valence-corrected chi connectivity index (χ2v) is 4.85. The van der Waals surface area contributed by atoms with Crippen molar-refractivity contribution < 1.29 is 9.53 Å². The van der Waals surface area contributed by atoms with Crippen molar-refractivity contribution in [2.24, 2.45) is 0 Å². The maximum absolute atomic E-state index is 12.1. The lowest BCUT2D eigenvalue weighted by Gasteiger charge is -2.14. The van der Waals surface area contributed by atoms with E-state index in [1.54, 1.807) is 30.3 Å². The number of aromatic nitrogens is 1. The van der Waals surface area contributed by atoms with Gasteiger partial charge in [-0.3, -0.25) is 4.79 Å². The normalized spacial score (nSPS) is 10.4. The van der Waals surface area contributed by atoms with E-state index in [-0.39, 0.29) is 22.9 Å². The van der Waals surface area contributed by atoms with Crippen molar-refractivity contribution in [1.82, 2.24) is 4.98 Å². The molecule has 2 rings (SSSR count). The maximum Gasteiger partial charge on any atom is 0.274 e. The summed E-state index contributed by atoms with van der Waals surface area (Å²) in [7, 11) is 0. The monoisotopic (exact) mass is 290 g/mol. The molecule has 0 radical (unpaired) electrons. The molecule has 5 heteroatoms. The first-order valence-electron chi connectivity index (χ1n) is 6.26. The first kappa shape index (κ1) is 14.3. The summed E-state index contributed by atoms with van der Waals surface area (Å²) in [5.41, 5.74) is 0.866. The third kappa shape index (κ3) is 3.71. The van der Waals surface area contributed by atoms with Crippen LogP contribution in [-0.4, -0.2) is 17.0 Å². The van der Waals surface area contributed by atoms with Crippen LogP contribution in [0.5, 0.6) is 5.75 Å². The number of halogens is 1. The first-order chi connectivity index (χ1) is 9.56. The molecule has 1 heterocycles. The van der Waals surface area contributed by atoms with E-state index in [1.807, 2.05) is 26.0 Å². The fourth-order valence-corrected chi connectivity index (χ4v) is 1.81.